The number of hydrazone groups is 1. The number of anilines is 1. The van der Waals surface area contributed by atoms with Crippen LogP contribution in [0.4, 0.5) is 5.69 Å². The van der Waals surface area contributed by atoms with E-state index in [9.17, 15) is 4.79 Å². The fourth-order valence-electron chi connectivity index (χ4n) is 2.40. The lowest BCUT2D eigenvalue weighted by molar-refractivity contribution is -0.116. The number of carbonyl (C=O) groups is 1. The van der Waals surface area contributed by atoms with Gasteiger partial charge in [0.25, 0.3) is 5.91 Å². The summed E-state index contributed by atoms with van der Waals surface area (Å²) >= 11 is 0. The Balaban J connectivity index is 1.63. The molecule has 0 spiro atoms. The average Bonchev–Trinajstić information content (AvgIpc) is 2.87. The maximum absolute atomic E-state index is 11.9. The van der Waals surface area contributed by atoms with Gasteiger partial charge in [0.1, 0.15) is 0 Å². The molecule has 0 fully saturated rings. The van der Waals surface area contributed by atoms with Gasteiger partial charge in [-0.2, -0.15) is 5.10 Å². The standard InChI is InChI=1S/C18H18N2O2/c1-14-10-18(21)20(19-14)17-9-5-8-16(11-17)13-22-12-15-6-3-2-4-7-15/h2-9,11H,10,12-13H2,1H3. The number of nitrogens with zero attached hydrogens (tertiary/aromatic N) is 2. The highest BCUT2D eigenvalue weighted by atomic mass is 16.5. The summed E-state index contributed by atoms with van der Waals surface area (Å²) in [5.41, 5.74) is 3.81. The van der Waals surface area contributed by atoms with E-state index in [1.807, 2.05) is 61.5 Å². The average molecular weight is 294 g/mol. The van der Waals surface area contributed by atoms with Gasteiger partial charge in [-0.15, -0.1) is 0 Å². The van der Waals surface area contributed by atoms with Gasteiger partial charge in [-0.05, 0) is 30.2 Å². The van der Waals surface area contributed by atoms with E-state index in [0.717, 1.165) is 22.5 Å². The van der Waals surface area contributed by atoms with Crippen molar-refractivity contribution in [3.05, 3.63) is 65.7 Å². The molecule has 1 heterocycles. The lowest BCUT2D eigenvalue weighted by Gasteiger charge is -2.13. The maximum Gasteiger partial charge on any atom is 0.253 e. The number of benzene rings is 2. The van der Waals surface area contributed by atoms with E-state index in [2.05, 4.69) is 5.10 Å². The zero-order valence-electron chi connectivity index (χ0n) is 12.5. The van der Waals surface area contributed by atoms with E-state index in [4.69, 9.17) is 4.74 Å². The zero-order chi connectivity index (χ0) is 15.4. The summed E-state index contributed by atoms with van der Waals surface area (Å²) in [6, 6.07) is 17.8. The molecule has 0 radical (unpaired) electrons. The van der Waals surface area contributed by atoms with E-state index >= 15 is 0 Å². The van der Waals surface area contributed by atoms with Crippen molar-refractivity contribution < 1.29 is 9.53 Å². The molecule has 3 rings (SSSR count). The molecule has 4 nitrogen and oxygen atoms in total. The Kier molecular flexibility index (Phi) is 4.30. The Morgan fingerprint density at radius 2 is 1.77 bits per heavy atom. The number of rotatable bonds is 5. The van der Waals surface area contributed by atoms with Gasteiger partial charge in [0, 0.05) is 5.71 Å². The molecule has 0 atom stereocenters. The Labute approximate surface area is 130 Å². The van der Waals surface area contributed by atoms with E-state index < -0.39 is 0 Å². The number of hydrogen-bond acceptors (Lipinski definition) is 3. The fraction of sp³-hybridized carbons (Fsp3) is 0.222. The molecule has 0 N–H and O–H groups in total. The van der Waals surface area contributed by atoms with Crippen molar-refractivity contribution in [1.82, 2.24) is 0 Å². The van der Waals surface area contributed by atoms with Crippen LogP contribution in [0.15, 0.2) is 59.7 Å². The second-order valence-electron chi connectivity index (χ2n) is 5.37. The molecule has 22 heavy (non-hydrogen) atoms. The van der Waals surface area contributed by atoms with Crippen LogP contribution in [0, 0.1) is 0 Å². The highest BCUT2D eigenvalue weighted by Crippen LogP contribution is 2.22. The first-order valence-corrected chi connectivity index (χ1v) is 7.30. The normalized spacial score (nSPS) is 14.3. The Bertz CT molecular complexity index is 695. The van der Waals surface area contributed by atoms with Crippen LogP contribution in [0.25, 0.3) is 0 Å². The van der Waals surface area contributed by atoms with Crippen LogP contribution >= 0.6 is 0 Å². The minimum absolute atomic E-state index is 0.0138. The largest absolute Gasteiger partial charge is 0.372 e. The third-order valence-electron chi connectivity index (χ3n) is 3.45. The molecular weight excluding hydrogens is 276 g/mol. The van der Waals surface area contributed by atoms with E-state index in [0.29, 0.717) is 19.6 Å². The first-order valence-electron chi connectivity index (χ1n) is 7.30. The van der Waals surface area contributed by atoms with Gasteiger partial charge in [0.05, 0.1) is 25.3 Å². The summed E-state index contributed by atoms with van der Waals surface area (Å²) in [4.78, 5) is 11.9. The molecule has 4 heteroatoms. The first-order chi connectivity index (χ1) is 10.7. The third kappa shape index (κ3) is 3.40. The van der Waals surface area contributed by atoms with Crippen molar-refractivity contribution in [2.75, 3.05) is 5.01 Å². The minimum Gasteiger partial charge on any atom is -0.372 e. The summed E-state index contributed by atoms with van der Waals surface area (Å²) in [5.74, 6) is 0.0138. The van der Waals surface area contributed by atoms with Gasteiger partial charge >= 0.3 is 0 Å². The molecule has 0 saturated carbocycles. The van der Waals surface area contributed by atoms with Crippen LogP contribution in [0.2, 0.25) is 0 Å². The predicted molar refractivity (Wildman–Crippen MR) is 86.6 cm³/mol. The van der Waals surface area contributed by atoms with Crippen molar-refractivity contribution >= 4 is 17.3 Å². The van der Waals surface area contributed by atoms with Crippen LogP contribution in [-0.4, -0.2) is 11.6 Å². The molecule has 1 amide bonds. The molecule has 1 aliphatic heterocycles. The molecule has 0 saturated heterocycles. The highest BCUT2D eigenvalue weighted by molar-refractivity contribution is 6.12. The third-order valence-corrected chi connectivity index (χ3v) is 3.45. The van der Waals surface area contributed by atoms with Gasteiger partial charge in [0.2, 0.25) is 0 Å². The van der Waals surface area contributed by atoms with E-state index in [-0.39, 0.29) is 5.91 Å². The van der Waals surface area contributed by atoms with Crippen molar-refractivity contribution in [3.8, 4) is 0 Å². The van der Waals surface area contributed by atoms with Crippen molar-refractivity contribution in [2.45, 2.75) is 26.6 Å². The summed E-state index contributed by atoms with van der Waals surface area (Å²) in [5, 5.41) is 5.74. The molecule has 0 aromatic heterocycles. The smallest absolute Gasteiger partial charge is 0.253 e. The topological polar surface area (TPSA) is 41.9 Å². The second-order valence-corrected chi connectivity index (χ2v) is 5.37. The Morgan fingerprint density at radius 1 is 1.05 bits per heavy atom. The SMILES string of the molecule is CC1=NN(c2cccc(COCc3ccccc3)c2)C(=O)C1. The van der Waals surface area contributed by atoms with Crippen LogP contribution in [0.1, 0.15) is 24.5 Å². The first kappa shape index (κ1) is 14.5. The fourth-order valence-corrected chi connectivity index (χ4v) is 2.40. The van der Waals surface area contributed by atoms with Crippen molar-refractivity contribution in [2.24, 2.45) is 5.10 Å². The number of carbonyl (C=O) groups excluding carboxylic acids is 1. The van der Waals surface area contributed by atoms with Gasteiger partial charge in [-0.1, -0.05) is 42.5 Å². The summed E-state index contributed by atoms with van der Waals surface area (Å²) in [6.45, 7) is 2.95. The van der Waals surface area contributed by atoms with Crippen LogP contribution in [0.5, 0.6) is 0 Å². The molecule has 0 bridgehead atoms. The monoisotopic (exact) mass is 294 g/mol. The van der Waals surface area contributed by atoms with Gasteiger partial charge in [-0.3, -0.25) is 4.79 Å². The molecule has 1 aliphatic rings. The summed E-state index contributed by atoms with van der Waals surface area (Å²) in [7, 11) is 0. The molecule has 2 aromatic carbocycles. The van der Waals surface area contributed by atoms with Gasteiger partial charge in [0.15, 0.2) is 0 Å². The maximum atomic E-state index is 11.9. The van der Waals surface area contributed by atoms with E-state index in [1.54, 1.807) is 0 Å². The van der Waals surface area contributed by atoms with Gasteiger partial charge < -0.3 is 4.74 Å². The summed E-state index contributed by atoms with van der Waals surface area (Å²) < 4.78 is 5.73. The molecule has 112 valence electrons. The Hall–Kier alpha value is -2.46. The number of ether oxygens (including phenoxy) is 1. The van der Waals surface area contributed by atoms with Crippen molar-refractivity contribution in [3.63, 3.8) is 0 Å². The number of hydrogen-bond donors (Lipinski definition) is 0. The molecule has 2 aromatic rings. The van der Waals surface area contributed by atoms with E-state index in [1.165, 1.54) is 5.01 Å². The highest BCUT2D eigenvalue weighted by Gasteiger charge is 2.22. The lowest BCUT2D eigenvalue weighted by Crippen LogP contribution is -2.19. The second kappa shape index (κ2) is 6.54. The van der Waals surface area contributed by atoms with Crippen LogP contribution < -0.4 is 5.01 Å². The minimum atomic E-state index is 0.0138. The molecule has 0 unspecified atom stereocenters. The zero-order valence-corrected chi connectivity index (χ0v) is 12.5. The summed E-state index contributed by atoms with van der Waals surface area (Å²) in [6.07, 6.45) is 0.398. The number of amides is 1. The molecular formula is C18H18N2O2. The van der Waals surface area contributed by atoms with Crippen LogP contribution in [-0.2, 0) is 22.7 Å². The van der Waals surface area contributed by atoms with Crippen molar-refractivity contribution in [1.29, 1.82) is 0 Å². The van der Waals surface area contributed by atoms with Gasteiger partial charge in [-0.25, -0.2) is 5.01 Å². The molecule has 0 aliphatic carbocycles. The quantitative estimate of drug-likeness (QED) is 0.846. The Morgan fingerprint density at radius 3 is 2.50 bits per heavy atom. The van der Waals surface area contributed by atoms with Crippen LogP contribution in [0.3, 0.4) is 0 Å². The predicted octanol–water partition coefficient (Wildman–Crippen LogP) is 3.52. The lowest BCUT2D eigenvalue weighted by atomic mass is 10.2.